The van der Waals surface area contributed by atoms with E-state index in [1.54, 1.807) is 0 Å². The minimum absolute atomic E-state index is 0.0817. The fraction of sp³-hybridized carbons (Fsp3) is 0.625. The largest absolute Gasteiger partial charge is 0.356 e. The first-order valence-corrected chi connectivity index (χ1v) is 7.86. The number of nitrogens with zero attached hydrogens (tertiary/aromatic N) is 1. The van der Waals surface area contributed by atoms with E-state index in [0.717, 1.165) is 0 Å². The molecule has 0 aromatic carbocycles. The molecule has 0 aliphatic carbocycles. The minimum atomic E-state index is -2.96. The van der Waals surface area contributed by atoms with Gasteiger partial charge in [-0.15, -0.1) is 0 Å². The first kappa shape index (κ1) is 13.4. The van der Waals surface area contributed by atoms with Gasteiger partial charge in [0.15, 0.2) is 14.9 Å². The Labute approximate surface area is 115 Å². The molecule has 1 unspecified atom stereocenters. The van der Waals surface area contributed by atoms with E-state index in [0.29, 0.717) is 22.3 Å². The fourth-order valence-corrected chi connectivity index (χ4v) is 4.43. The van der Waals surface area contributed by atoms with Crippen molar-refractivity contribution in [3.8, 4) is 0 Å². The van der Waals surface area contributed by atoms with Crippen LogP contribution < -0.4 is 10.6 Å². The summed E-state index contributed by atoms with van der Waals surface area (Å²) in [6.45, 7) is 1.83. The molecule has 18 heavy (non-hydrogen) atoms. The zero-order valence-corrected chi connectivity index (χ0v) is 12.1. The van der Waals surface area contributed by atoms with Crippen LogP contribution in [0.3, 0.4) is 0 Å². The smallest absolute Gasteiger partial charge is 0.224 e. The molecule has 0 amide bonds. The van der Waals surface area contributed by atoms with Crippen LogP contribution in [0.2, 0.25) is 0 Å². The van der Waals surface area contributed by atoms with Gasteiger partial charge in [0.05, 0.1) is 17.0 Å². The quantitative estimate of drug-likeness (QED) is 0.584. The summed E-state index contributed by atoms with van der Waals surface area (Å²) in [5.74, 6) is 0.657. The lowest BCUT2D eigenvalue weighted by molar-refractivity contribution is 0.474. The lowest BCUT2D eigenvalue weighted by atomic mass is 10.0. The van der Waals surface area contributed by atoms with Gasteiger partial charge >= 0.3 is 0 Å². The highest BCUT2D eigenvalue weighted by atomic mass is 32.2. The zero-order chi connectivity index (χ0) is 13.4. The molecule has 1 aliphatic rings. The third kappa shape index (κ3) is 3.27. The molecule has 100 valence electrons. The molecule has 10 heteroatoms. The van der Waals surface area contributed by atoms with E-state index in [2.05, 4.69) is 25.8 Å². The lowest BCUT2D eigenvalue weighted by Crippen LogP contribution is -2.48. The minimum Gasteiger partial charge on any atom is -0.356 e. The standard InChI is InChI=1S/C8H13N5O2S3/c1-8(2-3-18(14,15)4-8)11-6(16)9-5-10-7(17)13-12-5/h2-4H2,1H3,(H4,9,10,11,12,13,16,17). The summed E-state index contributed by atoms with van der Waals surface area (Å²) in [5.41, 5.74) is -0.532. The summed E-state index contributed by atoms with van der Waals surface area (Å²) in [5, 5.41) is 11.4. The van der Waals surface area contributed by atoms with Crippen molar-refractivity contribution in [1.29, 1.82) is 0 Å². The maximum atomic E-state index is 11.4. The van der Waals surface area contributed by atoms with E-state index in [1.165, 1.54) is 0 Å². The second kappa shape index (κ2) is 4.59. The number of rotatable bonds is 2. The predicted octanol–water partition coefficient (Wildman–Crippen LogP) is 0.331. The Morgan fingerprint density at radius 2 is 2.22 bits per heavy atom. The van der Waals surface area contributed by atoms with Crippen LogP contribution in [-0.2, 0) is 9.84 Å². The molecule has 0 bridgehead atoms. The normalized spacial score (nSPS) is 25.8. The molecule has 1 aromatic heterocycles. The predicted molar refractivity (Wildman–Crippen MR) is 74.8 cm³/mol. The van der Waals surface area contributed by atoms with Crippen molar-refractivity contribution in [2.75, 3.05) is 16.8 Å². The third-order valence-electron chi connectivity index (χ3n) is 2.65. The molecule has 1 aromatic rings. The molecule has 0 spiro atoms. The number of sulfone groups is 1. The van der Waals surface area contributed by atoms with Crippen LogP contribution in [0.4, 0.5) is 5.95 Å². The van der Waals surface area contributed by atoms with Crippen molar-refractivity contribution in [3.05, 3.63) is 4.77 Å². The van der Waals surface area contributed by atoms with Gasteiger partial charge in [-0.25, -0.2) is 8.42 Å². The maximum Gasteiger partial charge on any atom is 0.224 e. The number of thiocarbonyl (C=S) groups is 1. The SMILES string of the molecule is CC1(NC(=S)Nc2nc(=S)[nH][nH]2)CCS(=O)(=O)C1. The molecule has 1 aliphatic heterocycles. The van der Waals surface area contributed by atoms with Crippen molar-refractivity contribution in [3.63, 3.8) is 0 Å². The summed E-state index contributed by atoms with van der Waals surface area (Å²) in [7, 11) is -2.96. The monoisotopic (exact) mass is 307 g/mol. The van der Waals surface area contributed by atoms with E-state index in [-0.39, 0.29) is 11.5 Å². The van der Waals surface area contributed by atoms with Crippen molar-refractivity contribution < 1.29 is 8.42 Å². The average molecular weight is 307 g/mol. The Morgan fingerprint density at radius 3 is 2.72 bits per heavy atom. The number of H-pyrrole nitrogens is 2. The Bertz CT molecular complexity index is 619. The first-order chi connectivity index (χ1) is 8.28. The van der Waals surface area contributed by atoms with Crippen molar-refractivity contribution in [1.82, 2.24) is 20.5 Å². The van der Waals surface area contributed by atoms with Gasteiger partial charge in [-0.2, -0.15) is 4.98 Å². The van der Waals surface area contributed by atoms with Crippen LogP contribution in [0.1, 0.15) is 13.3 Å². The number of hydrogen-bond donors (Lipinski definition) is 4. The van der Waals surface area contributed by atoms with E-state index in [4.69, 9.17) is 24.4 Å². The van der Waals surface area contributed by atoms with Crippen LogP contribution in [0.5, 0.6) is 0 Å². The van der Waals surface area contributed by atoms with Crippen molar-refractivity contribution in [2.45, 2.75) is 18.9 Å². The lowest BCUT2D eigenvalue weighted by Gasteiger charge is -2.25. The second-order valence-corrected chi connectivity index (χ2v) is 7.48. The molecule has 7 nitrogen and oxygen atoms in total. The molecular formula is C8H13N5O2S3. The van der Waals surface area contributed by atoms with Gasteiger partial charge < -0.3 is 10.6 Å². The van der Waals surface area contributed by atoms with Crippen LogP contribution in [0.15, 0.2) is 0 Å². The van der Waals surface area contributed by atoms with Crippen LogP contribution in [0, 0.1) is 4.77 Å². The topological polar surface area (TPSA) is 103 Å². The number of aromatic amines is 2. The highest BCUT2D eigenvalue weighted by Gasteiger charge is 2.38. The number of hydrogen-bond acceptors (Lipinski definition) is 5. The summed E-state index contributed by atoms with van der Waals surface area (Å²) in [6, 6.07) is 0. The van der Waals surface area contributed by atoms with E-state index < -0.39 is 15.4 Å². The van der Waals surface area contributed by atoms with E-state index in [1.807, 2.05) is 6.92 Å². The first-order valence-electron chi connectivity index (χ1n) is 5.22. The van der Waals surface area contributed by atoms with Crippen molar-refractivity contribution >= 4 is 45.3 Å². The summed E-state index contributed by atoms with van der Waals surface area (Å²) >= 11 is 9.90. The highest BCUT2D eigenvalue weighted by molar-refractivity contribution is 7.91. The Balaban J connectivity index is 1.98. The highest BCUT2D eigenvalue weighted by Crippen LogP contribution is 2.22. The number of nitrogens with one attached hydrogen (secondary N) is 4. The van der Waals surface area contributed by atoms with E-state index >= 15 is 0 Å². The molecule has 2 rings (SSSR count). The van der Waals surface area contributed by atoms with Gasteiger partial charge in [0.25, 0.3) is 0 Å². The number of aromatic nitrogens is 3. The summed E-state index contributed by atoms with van der Waals surface area (Å²) < 4.78 is 23.2. The number of anilines is 1. The molecule has 1 atom stereocenters. The van der Waals surface area contributed by atoms with Crippen molar-refractivity contribution in [2.24, 2.45) is 0 Å². The molecule has 0 saturated carbocycles. The molecule has 1 fully saturated rings. The molecule has 2 heterocycles. The molecule has 0 radical (unpaired) electrons. The molecule has 1 saturated heterocycles. The average Bonchev–Trinajstić information content (AvgIpc) is 2.70. The Hall–Kier alpha value is -1.00. The summed E-state index contributed by atoms with van der Waals surface area (Å²) in [4.78, 5) is 3.92. The Morgan fingerprint density at radius 1 is 1.50 bits per heavy atom. The van der Waals surface area contributed by atoms with Gasteiger partial charge in [-0.1, -0.05) is 0 Å². The molecule has 4 N–H and O–H groups in total. The van der Waals surface area contributed by atoms with Gasteiger partial charge in [0, 0.05) is 0 Å². The van der Waals surface area contributed by atoms with Crippen LogP contribution in [-0.4, -0.2) is 45.8 Å². The van der Waals surface area contributed by atoms with Crippen LogP contribution >= 0.6 is 24.4 Å². The van der Waals surface area contributed by atoms with E-state index in [9.17, 15) is 8.42 Å². The van der Waals surface area contributed by atoms with Gasteiger partial charge in [-0.3, -0.25) is 10.2 Å². The van der Waals surface area contributed by atoms with Gasteiger partial charge in [0.2, 0.25) is 10.7 Å². The van der Waals surface area contributed by atoms with Gasteiger partial charge in [0.1, 0.15) is 0 Å². The molecular weight excluding hydrogens is 294 g/mol. The van der Waals surface area contributed by atoms with Crippen LogP contribution in [0.25, 0.3) is 0 Å². The maximum absolute atomic E-state index is 11.4. The summed E-state index contributed by atoms with van der Waals surface area (Å²) in [6.07, 6.45) is 0.535. The second-order valence-electron chi connectivity index (χ2n) is 4.50. The Kier molecular flexibility index (Phi) is 3.43. The fourth-order valence-electron chi connectivity index (χ4n) is 1.85. The zero-order valence-electron chi connectivity index (χ0n) is 9.61. The van der Waals surface area contributed by atoms with Gasteiger partial charge in [-0.05, 0) is 37.8 Å². The third-order valence-corrected chi connectivity index (χ3v) is 4.95.